The van der Waals surface area contributed by atoms with Gasteiger partial charge in [0.15, 0.2) is 0 Å². The van der Waals surface area contributed by atoms with E-state index < -0.39 is 0 Å². The number of fused-ring (bicyclic) bond motifs is 5. The number of nitrogens with zero attached hydrogens (tertiary/aromatic N) is 2. The van der Waals surface area contributed by atoms with Gasteiger partial charge in [-0.05, 0) is 49.9 Å². The second kappa shape index (κ2) is 3.84. The van der Waals surface area contributed by atoms with Crippen LogP contribution in [0.5, 0.6) is 5.88 Å². The summed E-state index contributed by atoms with van der Waals surface area (Å²) in [6.07, 6.45) is 6.15. The lowest BCUT2D eigenvalue weighted by atomic mass is 10.0. The van der Waals surface area contributed by atoms with Gasteiger partial charge in [0.1, 0.15) is 0 Å². The quantitative estimate of drug-likeness (QED) is 0.884. The van der Waals surface area contributed by atoms with E-state index in [2.05, 4.69) is 15.3 Å². The maximum Gasteiger partial charge on any atom is 0.226 e. The van der Waals surface area contributed by atoms with Gasteiger partial charge >= 0.3 is 0 Å². The number of hydrogen-bond acceptors (Lipinski definition) is 4. The molecular weight excluding hydrogens is 226 g/mol. The highest BCUT2D eigenvalue weighted by Crippen LogP contribution is 2.66. The van der Waals surface area contributed by atoms with Crippen molar-refractivity contribution in [2.75, 3.05) is 11.9 Å². The van der Waals surface area contributed by atoms with E-state index in [0.717, 1.165) is 29.6 Å². The summed E-state index contributed by atoms with van der Waals surface area (Å²) in [5.74, 6) is 5.18. The maximum atomic E-state index is 5.41. The Morgan fingerprint density at radius 1 is 1.33 bits per heavy atom. The molecule has 4 unspecified atom stereocenters. The molecule has 4 rings (SSSR count). The van der Waals surface area contributed by atoms with Crippen molar-refractivity contribution in [3.8, 4) is 5.88 Å². The number of anilines is 1. The summed E-state index contributed by atoms with van der Waals surface area (Å²) in [5.41, 5.74) is 0. The summed E-state index contributed by atoms with van der Waals surface area (Å²) in [6.45, 7) is 2.62. The van der Waals surface area contributed by atoms with Crippen molar-refractivity contribution in [2.45, 2.75) is 32.2 Å². The van der Waals surface area contributed by atoms with Crippen LogP contribution in [-0.4, -0.2) is 22.6 Å². The first-order chi connectivity index (χ1) is 8.86. The third-order valence-electron chi connectivity index (χ3n) is 4.95. The molecule has 1 aromatic rings. The fourth-order valence-electron chi connectivity index (χ4n) is 4.31. The lowest BCUT2D eigenvalue weighted by molar-refractivity contribution is 0.326. The highest BCUT2D eigenvalue weighted by molar-refractivity contribution is 5.35. The summed E-state index contributed by atoms with van der Waals surface area (Å²) >= 11 is 0. The van der Waals surface area contributed by atoms with Gasteiger partial charge in [-0.2, -0.15) is 4.98 Å². The molecule has 4 nitrogen and oxygen atoms in total. The summed E-state index contributed by atoms with van der Waals surface area (Å²) in [4.78, 5) is 8.69. The molecule has 4 heteroatoms. The first-order valence-electron chi connectivity index (χ1n) is 7.09. The third-order valence-corrected chi connectivity index (χ3v) is 4.95. The monoisotopic (exact) mass is 245 g/mol. The maximum absolute atomic E-state index is 5.41. The normalized spacial score (nSPS) is 39.5. The van der Waals surface area contributed by atoms with E-state index >= 15 is 0 Å². The fraction of sp³-hybridized carbons (Fsp3) is 0.714. The van der Waals surface area contributed by atoms with E-state index in [1.807, 2.05) is 13.0 Å². The Morgan fingerprint density at radius 3 is 2.83 bits per heavy atom. The number of nitrogens with one attached hydrogen (secondary N) is 1. The van der Waals surface area contributed by atoms with Crippen molar-refractivity contribution in [3.05, 3.63) is 12.3 Å². The molecule has 2 bridgehead atoms. The molecule has 96 valence electrons. The van der Waals surface area contributed by atoms with Crippen molar-refractivity contribution >= 4 is 5.95 Å². The average molecular weight is 245 g/mol. The molecular formula is C14H19N3O. The summed E-state index contributed by atoms with van der Waals surface area (Å²) in [5, 5.41) is 3.52. The van der Waals surface area contributed by atoms with Gasteiger partial charge in [-0.3, -0.25) is 0 Å². The van der Waals surface area contributed by atoms with Crippen LogP contribution in [0.15, 0.2) is 12.3 Å². The minimum atomic E-state index is 0.633. The minimum Gasteiger partial charge on any atom is -0.478 e. The summed E-state index contributed by atoms with van der Waals surface area (Å²) in [7, 11) is 0. The molecule has 0 aliphatic heterocycles. The smallest absolute Gasteiger partial charge is 0.226 e. The summed E-state index contributed by atoms with van der Waals surface area (Å²) in [6, 6.07) is 2.44. The lowest BCUT2D eigenvalue weighted by Gasteiger charge is -2.11. The van der Waals surface area contributed by atoms with Gasteiger partial charge in [-0.1, -0.05) is 0 Å². The standard InChI is InChI=1S/C14H19N3O/c1-2-18-10-5-6-15-14(16-10)17-13-11-8-3-4-9(7-8)12(11)13/h5-6,8-9,11-13H,2-4,7H2,1H3,(H,15,16,17). The van der Waals surface area contributed by atoms with E-state index in [4.69, 9.17) is 4.74 Å². The molecule has 0 amide bonds. The summed E-state index contributed by atoms with van der Waals surface area (Å²) < 4.78 is 5.41. The molecule has 3 aliphatic rings. The van der Waals surface area contributed by atoms with Crippen molar-refractivity contribution in [1.29, 1.82) is 0 Å². The van der Waals surface area contributed by atoms with Crippen molar-refractivity contribution in [2.24, 2.45) is 23.7 Å². The molecule has 1 N–H and O–H groups in total. The van der Waals surface area contributed by atoms with Crippen molar-refractivity contribution in [3.63, 3.8) is 0 Å². The molecule has 3 saturated carbocycles. The van der Waals surface area contributed by atoms with Gasteiger partial charge in [0.25, 0.3) is 0 Å². The second-order valence-corrected chi connectivity index (χ2v) is 5.81. The SMILES string of the molecule is CCOc1ccnc(NC2C3C4CCC(C4)C23)n1. The molecule has 4 atom stereocenters. The highest BCUT2D eigenvalue weighted by atomic mass is 16.5. The van der Waals surface area contributed by atoms with E-state index in [9.17, 15) is 0 Å². The molecule has 0 saturated heterocycles. The largest absolute Gasteiger partial charge is 0.478 e. The Balaban J connectivity index is 1.45. The predicted molar refractivity (Wildman–Crippen MR) is 68.4 cm³/mol. The van der Waals surface area contributed by atoms with Crippen LogP contribution in [0, 0.1) is 23.7 Å². The van der Waals surface area contributed by atoms with Crippen LogP contribution in [0.1, 0.15) is 26.2 Å². The molecule has 3 aliphatic carbocycles. The molecule has 18 heavy (non-hydrogen) atoms. The molecule has 3 fully saturated rings. The zero-order chi connectivity index (χ0) is 12.1. The molecule has 0 radical (unpaired) electrons. The van der Waals surface area contributed by atoms with E-state index in [1.54, 1.807) is 6.20 Å². The van der Waals surface area contributed by atoms with Crippen molar-refractivity contribution < 1.29 is 4.74 Å². The fourth-order valence-corrected chi connectivity index (χ4v) is 4.31. The number of ether oxygens (including phenoxy) is 1. The Kier molecular flexibility index (Phi) is 2.26. The van der Waals surface area contributed by atoms with Crippen LogP contribution in [0.2, 0.25) is 0 Å². The molecule has 1 heterocycles. The zero-order valence-electron chi connectivity index (χ0n) is 10.7. The topological polar surface area (TPSA) is 47.0 Å². The second-order valence-electron chi connectivity index (χ2n) is 5.81. The van der Waals surface area contributed by atoms with E-state index in [1.165, 1.54) is 19.3 Å². The lowest BCUT2D eigenvalue weighted by Crippen LogP contribution is -2.14. The Morgan fingerprint density at radius 2 is 2.11 bits per heavy atom. The highest BCUT2D eigenvalue weighted by Gasteiger charge is 2.65. The van der Waals surface area contributed by atoms with Crippen LogP contribution in [0.4, 0.5) is 5.95 Å². The Labute approximate surface area is 107 Å². The Bertz CT molecular complexity index is 448. The van der Waals surface area contributed by atoms with Crippen LogP contribution >= 0.6 is 0 Å². The van der Waals surface area contributed by atoms with Crippen molar-refractivity contribution in [1.82, 2.24) is 9.97 Å². The first kappa shape index (κ1) is 10.6. The Hall–Kier alpha value is -1.32. The van der Waals surface area contributed by atoms with Crippen LogP contribution in [0.3, 0.4) is 0 Å². The van der Waals surface area contributed by atoms with Gasteiger partial charge in [-0.25, -0.2) is 4.98 Å². The van der Waals surface area contributed by atoms with Gasteiger partial charge < -0.3 is 10.1 Å². The third kappa shape index (κ3) is 1.51. The van der Waals surface area contributed by atoms with Gasteiger partial charge in [0.05, 0.1) is 6.61 Å². The predicted octanol–water partition coefficient (Wildman–Crippen LogP) is 2.33. The molecule has 1 aromatic heterocycles. The van der Waals surface area contributed by atoms with Gasteiger partial charge in [0, 0.05) is 18.3 Å². The van der Waals surface area contributed by atoms with E-state index in [0.29, 0.717) is 18.5 Å². The number of rotatable bonds is 4. The zero-order valence-corrected chi connectivity index (χ0v) is 10.7. The molecule has 0 spiro atoms. The van der Waals surface area contributed by atoms with Crippen LogP contribution in [-0.2, 0) is 0 Å². The number of hydrogen-bond donors (Lipinski definition) is 1. The number of aromatic nitrogens is 2. The first-order valence-corrected chi connectivity index (χ1v) is 7.09. The van der Waals surface area contributed by atoms with Crippen LogP contribution < -0.4 is 10.1 Å². The van der Waals surface area contributed by atoms with E-state index in [-0.39, 0.29) is 0 Å². The van der Waals surface area contributed by atoms with Gasteiger partial charge in [0.2, 0.25) is 11.8 Å². The average Bonchev–Trinajstić information content (AvgIpc) is 2.79. The van der Waals surface area contributed by atoms with Crippen LogP contribution in [0.25, 0.3) is 0 Å². The van der Waals surface area contributed by atoms with Gasteiger partial charge in [-0.15, -0.1) is 0 Å². The molecule has 0 aromatic carbocycles. The minimum absolute atomic E-state index is 0.633.